The first-order chi connectivity index (χ1) is 25.4. The predicted molar refractivity (Wildman–Crippen MR) is 198 cm³/mol. The van der Waals surface area contributed by atoms with Crippen LogP contribution in [0.3, 0.4) is 0 Å². The Kier molecular flexibility index (Phi) is 16.7. The van der Waals surface area contributed by atoms with Gasteiger partial charge in [0.15, 0.2) is 18.4 Å². The molecule has 55 heavy (non-hydrogen) atoms. The molecule has 0 aromatic heterocycles. The normalized spacial score (nSPS) is 46.6. The van der Waals surface area contributed by atoms with E-state index in [1.54, 1.807) is 62.3 Å². The van der Waals surface area contributed by atoms with E-state index in [4.69, 9.17) is 37.9 Å². The first-order valence-corrected chi connectivity index (χ1v) is 19.8. The Morgan fingerprint density at radius 2 is 1.49 bits per heavy atom. The van der Waals surface area contributed by atoms with Crippen LogP contribution in [0.2, 0.25) is 0 Å². The molecule has 320 valence electrons. The van der Waals surface area contributed by atoms with E-state index in [-0.39, 0.29) is 18.9 Å². The van der Waals surface area contributed by atoms with Crippen LogP contribution in [0.4, 0.5) is 0 Å². The molecule has 0 aromatic carbocycles. The minimum atomic E-state index is -1.97. The minimum Gasteiger partial charge on any atom is -0.461 e. The van der Waals surface area contributed by atoms with Gasteiger partial charge in [-0.05, 0) is 53.9 Å². The highest BCUT2D eigenvalue weighted by Gasteiger charge is 2.52. The monoisotopic (exact) mass is 790 g/mol. The second-order valence-electron chi connectivity index (χ2n) is 17.1. The van der Waals surface area contributed by atoms with Crippen molar-refractivity contribution in [3.8, 4) is 0 Å². The quantitative estimate of drug-likeness (QED) is 0.248. The third kappa shape index (κ3) is 11.0. The van der Waals surface area contributed by atoms with Gasteiger partial charge in [0.2, 0.25) is 0 Å². The van der Waals surface area contributed by atoms with E-state index in [2.05, 4.69) is 0 Å². The molecular formula is C40H70O15. The number of rotatable bonds is 9. The lowest BCUT2D eigenvalue weighted by Crippen LogP contribution is -2.58. The Morgan fingerprint density at radius 1 is 0.873 bits per heavy atom. The maximum atomic E-state index is 14.5. The Labute approximate surface area is 327 Å². The molecule has 3 aliphatic heterocycles. The summed E-state index contributed by atoms with van der Waals surface area (Å²) in [6, 6.07) is 0. The first kappa shape index (κ1) is 47.6. The number of carbonyl (C=O) groups excluding carboxylic acids is 3. The van der Waals surface area contributed by atoms with E-state index >= 15 is 0 Å². The van der Waals surface area contributed by atoms with E-state index in [1.807, 2.05) is 6.92 Å². The summed E-state index contributed by atoms with van der Waals surface area (Å²) in [5.74, 6) is -6.92. The summed E-state index contributed by atoms with van der Waals surface area (Å²) < 4.78 is 48.9. The van der Waals surface area contributed by atoms with Gasteiger partial charge in [0.05, 0.1) is 54.1 Å². The molecule has 15 nitrogen and oxygen atoms in total. The zero-order valence-electron chi connectivity index (χ0n) is 35.3. The summed E-state index contributed by atoms with van der Waals surface area (Å²) in [4.78, 5) is 41.2. The molecule has 3 aliphatic rings. The zero-order chi connectivity index (χ0) is 41.9. The van der Waals surface area contributed by atoms with Crippen LogP contribution in [0, 0.1) is 35.5 Å². The Balaban J connectivity index is 2.24. The van der Waals surface area contributed by atoms with Crippen LogP contribution in [0.5, 0.6) is 0 Å². The number of esters is 2. The van der Waals surface area contributed by atoms with Crippen molar-refractivity contribution < 1.29 is 72.7 Å². The summed E-state index contributed by atoms with van der Waals surface area (Å²) in [6.45, 7) is 19.6. The van der Waals surface area contributed by atoms with Gasteiger partial charge in [-0.2, -0.15) is 0 Å². The number of cyclic esters (lactones) is 1. The standard InChI is InChI=1S/C40H70O15/c1-18-16-39(11,47)35(44)23(6)33(52-27(10)42)22(5)32(20(3)25(8)41)54-37(46)24(7)34(53-29-17-40(12,49-14)36(45)26(9)51-29)21(4)31(18)55-38-30(43)28(48-13)15-19(2)50-38/h18-26,28-34,36,38,41,43,45,47H,15-17H2,1-14H3/t18-,19+,20-,21+,22-,23+,24+,25-,26-,28-,29-,30+,31-,32+,33-,34-,36+,38-,39-,40+/m0/s1. The average Bonchev–Trinajstić information content (AvgIpc) is 3.11. The Morgan fingerprint density at radius 3 is 2.04 bits per heavy atom. The maximum Gasteiger partial charge on any atom is 0.311 e. The van der Waals surface area contributed by atoms with Gasteiger partial charge in [0.25, 0.3) is 0 Å². The van der Waals surface area contributed by atoms with Gasteiger partial charge in [-0.25, -0.2) is 0 Å². The highest BCUT2D eigenvalue weighted by atomic mass is 16.7. The van der Waals surface area contributed by atoms with Gasteiger partial charge in [-0.1, -0.05) is 34.6 Å². The van der Waals surface area contributed by atoms with Gasteiger partial charge in [-0.15, -0.1) is 0 Å². The van der Waals surface area contributed by atoms with Crippen molar-refractivity contribution in [1.82, 2.24) is 0 Å². The third-order valence-corrected chi connectivity index (χ3v) is 12.5. The molecule has 4 N–H and O–H groups in total. The van der Waals surface area contributed by atoms with Crippen LogP contribution in [0.15, 0.2) is 0 Å². The molecule has 0 saturated carbocycles. The number of Topliss-reactive ketones (excluding diaryl/α,β-unsaturated/α-hetero) is 1. The summed E-state index contributed by atoms with van der Waals surface area (Å²) >= 11 is 0. The van der Waals surface area contributed by atoms with Crippen LogP contribution < -0.4 is 0 Å². The largest absolute Gasteiger partial charge is 0.461 e. The van der Waals surface area contributed by atoms with Crippen molar-refractivity contribution >= 4 is 17.7 Å². The molecule has 0 spiro atoms. The fourth-order valence-electron chi connectivity index (χ4n) is 8.81. The van der Waals surface area contributed by atoms with Gasteiger partial charge >= 0.3 is 11.9 Å². The number of ketones is 1. The maximum absolute atomic E-state index is 14.5. The molecule has 0 bridgehead atoms. The van der Waals surface area contributed by atoms with E-state index < -0.39 is 132 Å². The lowest BCUT2D eigenvalue weighted by Gasteiger charge is -2.47. The van der Waals surface area contributed by atoms with Gasteiger partial charge in [-0.3, -0.25) is 14.4 Å². The van der Waals surface area contributed by atoms with Crippen LogP contribution in [-0.2, 0) is 52.3 Å². The van der Waals surface area contributed by atoms with Crippen molar-refractivity contribution in [3.63, 3.8) is 0 Å². The third-order valence-electron chi connectivity index (χ3n) is 12.5. The molecule has 3 heterocycles. The van der Waals surface area contributed by atoms with Crippen molar-refractivity contribution in [2.45, 2.75) is 187 Å². The van der Waals surface area contributed by atoms with Crippen LogP contribution in [-0.4, -0.2) is 137 Å². The van der Waals surface area contributed by atoms with Crippen molar-refractivity contribution in [2.24, 2.45) is 35.5 Å². The molecule has 3 rings (SSSR count). The number of aliphatic hydroxyl groups excluding tert-OH is 3. The average molecular weight is 791 g/mol. The SMILES string of the molecule is CO[C@H]1C[C@@H](C)O[C@@H](O[C@@H]2[C@@H](C)[C@H](O[C@H]3C[C@@](C)(OC)[C@H](O)[C@H](C)O3)[C@@H](C)C(=O)O[C@H]([C@@H](C)[C@H](C)O)[C@H](C)[C@H](OC(C)=O)[C@@H](C)C(=O)[C@@](C)(O)C[C@@H]2C)[C@@H]1O. The zero-order valence-corrected chi connectivity index (χ0v) is 35.3. The van der Waals surface area contributed by atoms with Crippen molar-refractivity contribution in [2.75, 3.05) is 14.2 Å². The van der Waals surface area contributed by atoms with E-state index in [9.17, 15) is 34.8 Å². The molecule has 0 radical (unpaired) electrons. The van der Waals surface area contributed by atoms with E-state index in [1.165, 1.54) is 28.1 Å². The Bertz CT molecular complexity index is 1280. The predicted octanol–water partition coefficient (Wildman–Crippen LogP) is 2.93. The molecule has 0 unspecified atom stereocenters. The number of ether oxygens (including phenoxy) is 8. The van der Waals surface area contributed by atoms with E-state index in [0.717, 1.165) is 0 Å². The highest BCUT2D eigenvalue weighted by molar-refractivity contribution is 5.89. The molecule has 3 fully saturated rings. The molecule has 0 amide bonds. The lowest BCUT2D eigenvalue weighted by molar-refractivity contribution is -0.312. The van der Waals surface area contributed by atoms with Crippen LogP contribution >= 0.6 is 0 Å². The second-order valence-corrected chi connectivity index (χ2v) is 17.1. The molecule has 3 saturated heterocycles. The molecule has 0 aromatic rings. The number of aliphatic hydroxyl groups is 4. The van der Waals surface area contributed by atoms with Crippen LogP contribution in [0.1, 0.15) is 102 Å². The Hall–Kier alpha value is -1.79. The smallest absolute Gasteiger partial charge is 0.311 e. The topological polar surface area (TPSA) is 206 Å². The summed E-state index contributed by atoms with van der Waals surface area (Å²) in [5, 5.41) is 45.0. The highest BCUT2D eigenvalue weighted by Crippen LogP contribution is 2.40. The number of carbonyl (C=O) groups is 3. The van der Waals surface area contributed by atoms with Crippen LogP contribution in [0.25, 0.3) is 0 Å². The van der Waals surface area contributed by atoms with Gasteiger partial charge in [0.1, 0.15) is 30.0 Å². The summed E-state index contributed by atoms with van der Waals surface area (Å²) in [5.41, 5.74) is -3.03. The number of methoxy groups -OCH3 is 2. The molecule has 15 heteroatoms. The van der Waals surface area contributed by atoms with E-state index in [0.29, 0.717) is 6.42 Å². The molecular weight excluding hydrogens is 720 g/mol. The van der Waals surface area contributed by atoms with Crippen molar-refractivity contribution in [3.05, 3.63) is 0 Å². The fourth-order valence-corrected chi connectivity index (χ4v) is 8.81. The second kappa shape index (κ2) is 19.3. The minimum absolute atomic E-state index is 0.0996. The van der Waals surface area contributed by atoms with Crippen molar-refractivity contribution in [1.29, 1.82) is 0 Å². The number of hydrogen-bond donors (Lipinski definition) is 4. The summed E-state index contributed by atoms with van der Waals surface area (Å²) in [7, 11) is 2.97. The van der Waals surface area contributed by atoms with Gasteiger partial charge < -0.3 is 58.3 Å². The van der Waals surface area contributed by atoms with Gasteiger partial charge in [0, 0.05) is 51.7 Å². The summed E-state index contributed by atoms with van der Waals surface area (Å²) in [6.07, 6.45) is -10.8. The lowest BCUT2D eigenvalue weighted by atomic mass is 9.74. The fraction of sp³-hybridized carbons (Fsp3) is 0.925. The molecule has 20 atom stereocenters. The first-order valence-electron chi connectivity index (χ1n) is 19.8. The molecule has 0 aliphatic carbocycles. The number of hydrogen-bond acceptors (Lipinski definition) is 15.